The zero-order valence-corrected chi connectivity index (χ0v) is 24.9. The summed E-state index contributed by atoms with van der Waals surface area (Å²) in [4.78, 5) is 52.4. The summed E-state index contributed by atoms with van der Waals surface area (Å²) in [6, 6.07) is -2.76. The van der Waals surface area contributed by atoms with Crippen LogP contribution in [0.2, 0.25) is 0 Å². The largest absolute Gasteiger partial charge is 0.471 e. The van der Waals surface area contributed by atoms with Crippen LogP contribution in [0.4, 0.5) is 26.3 Å². The van der Waals surface area contributed by atoms with Crippen LogP contribution in [-0.4, -0.2) is 82.8 Å². The van der Waals surface area contributed by atoms with Crippen molar-refractivity contribution in [3.05, 3.63) is 0 Å². The molecular formula is C27H37F6N5O5. The monoisotopic (exact) mass is 625 g/mol. The first-order valence-corrected chi connectivity index (χ1v) is 13.8. The fourth-order valence-corrected chi connectivity index (χ4v) is 6.27. The molecule has 43 heavy (non-hydrogen) atoms. The van der Waals surface area contributed by atoms with Gasteiger partial charge in [-0.15, -0.1) is 0 Å². The van der Waals surface area contributed by atoms with E-state index in [0.717, 1.165) is 11.8 Å². The van der Waals surface area contributed by atoms with Crippen molar-refractivity contribution in [2.24, 2.45) is 23.2 Å². The van der Waals surface area contributed by atoms with E-state index in [1.165, 1.54) is 5.32 Å². The molecule has 0 bridgehead atoms. The zero-order chi connectivity index (χ0) is 33.1. The van der Waals surface area contributed by atoms with Crippen molar-refractivity contribution in [1.82, 2.24) is 20.9 Å². The van der Waals surface area contributed by atoms with Crippen molar-refractivity contribution in [3.63, 3.8) is 0 Å². The van der Waals surface area contributed by atoms with Gasteiger partial charge in [-0.2, -0.15) is 31.6 Å². The van der Waals surface area contributed by atoms with Crippen LogP contribution in [0.3, 0.4) is 0 Å². The van der Waals surface area contributed by atoms with Gasteiger partial charge in [0.1, 0.15) is 18.1 Å². The van der Waals surface area contributed by atoms with Crippen LogP contribution < -0.4 is 16.0 Å². The number of hydrogen-bond donors (Lipinski definition) is 3. The van der Waals surface area contributed by atoms with Crippen LogP contribution in [-0.2, 0) is 23.9 Å². The van der Waals surface area contributed by atoms with Crippen molar-refractivity contribution < 1.29 is 50.3 Å². The van der Waals surface area contributed by atoms with Crippen LogP contribution in [0.15, 0.2) is 0 Å². The van der Waals surface area contributed by atoms with Crippen LogP contribution >= 0.6 is 0 Å². The summed E-state index contributed by atoms with van der Waals surface area (Å²) in [6.45, 7) is 9.27. The van der Waals surface area contributed by atoms with Gasteiger partial charge in [-0.25, -0.2) is 0 Å². The number of nitrogens with zero attached hydrogens (tertiary/aromatic N) is 2. The van der Waals surface area contributed by atoms with Gasteiger partial charge in [-0.1, -0.05) is 13.8 Å². The molecule has 3 aliphatic rings. The standard InChI is InChI=1S/C27H37F6N5O5/c1-12(43-25(6,7)27(31,32)33)17(36-22(42)26(28,29)30)21(41)38-11-15-16(24(15,4)5)18(38)20(40)35-14(10-34)8-13-9-23(2,3)37-19(13)39/h12-18H,8-9,11H2,1-7H3,(H,35,40)(H,36,42)(H,37,39). The Kier molecular flexibility index (Phi) is 8.90. The van der Waals surface area contributed by atoms with Gasteiger partial charge < -0.3 is 25.6 Å². The first kappa shape index (κ1) is 34.4. The number of hydrogen-bond acceptors (Lipinski definition) is 6. The van der Waals surface area contributed by atoms with E-state index in [9.17, 15) is 50.8 Å². The molecule has 3 rings (SSSR count). The lowest BCUT2D eigenvalue weighted by Gasteiger charge is -2.38. The number of ether oxygens (including phenoxy) is 1. The number of carbonyl (C=O) groups is 4. The van der Waals surface area contributed by atoms with E-state index in [-0.39, 0.29) is 24.8 Å². The van der Waals surface area contributed by atoms with Crippen molar-refractivity contribution in [2.75, 3.05) is 6.54 Å². The lowest BCUT2D eigenvalue weighted by Crippen LogP contribution is -2.62. The van der Waals surface area contributed by atoms with Crippen LogP contribution in [0.1, 0.15) is 61.3 Å². The molecule has 3 N–H and O–H groups in total. The fourth-order valence-electron chi connectivity index (χ4n) is 6.27. The van der Waals surface area contributed by atoms with E-state index in [2.05, 4.69) is 10.6 Å². The zero-order valence-electron chi connectivity index (χ0n) is 24.9. The molecule has 0 aromatic rings. The van der Waals surface area contributed by atoms with E-state index in [1.807, 2.05) is 19.9 Å². The summed E-state index contributed by atoms with van der Waals surface area (Å²) in [5.41, 5.74) is -3.89. The van der Waals surface area contributed by atoms with Gasteiger partial charge in [0.25, 0.3) is 0 Å². The van der Waals surface area contributed by atoms with E-state index in [0.29, 0.717) is 20.3 Å². The lowest BCUT2D eigenvalue weighted by molar-refractivity contribution is -0.277. The number of carbonyl (C=O) groups excluding carboxylic acids is 4. The highest BCUT2D eigenvalue weighted by Crippen LogP contribution is 2.65. The third-order valence-corrected chi connectivity index (χ3v) is 8.78. The maximum atomic E-state index is 13.7. The smallest absolute Gasteiger partial charge is 0.360 e. The highest BCUT2D eigenvalue weighted by molar-refractivity contribution is 5.95. The second-order valence-electron chi connectivity index (χ2n) is 13.4. The number of amides is 4. The summed E-state index contributed by atoms with van der Waals surface area (Å²) < 4.78 is 85.0. The molecule has 2 aliphatic heterocycles. The van der Waals surface area contributed by atoms with Crippen LogP contribution in [0.5, 0.6) is 0 Å². The molecule has 1 aliphatic carbocycles. The fraction of sp³-hybridized carbons (Fsp3) is 0.815. The quantitative estimate of drug-likeness (QED) is 0.337. The molecular weight excluding hydrogens is 588 g/mol. The predicted molar refractivity (Wildman–Crippen MR) is 137 cm³/mol. The summed E-state index contributed by atoms with van der Waals surface area (Å²) in [5.74, 6) is -6.25. The summed E-state index contributed by atoms with van der Waals surface area (Å²) in [5, 5.41) is 16.5. The Labute approximate surface area is 245 Å². The van der Waals surface area contributed by atoms with E-state index >= 15 is 0 Å². The number of nitriles is 1. The van der Waals surface area contributed by atoms with Crippen molar-refractivity contribution in [1.29, 1.82) is 5.26 Å². The minimum Gasteiger partial charge on any atom is -0.360 e. The Morgan fingerprint density at radius 2 is 1.70 bits per heavy atom. The van der Waals surface area contributed by atoms with Gasteiger partial charge >= 0.3 is 18.3 Å². The molecule has 2 heterocycles. The van der Waals surface area contributed by atoms with E-state index < -0.39 is 82.7 Å². The number of fused-ring (bicyclic) bond motifs is 1. The van der Waals surface area contributed by atoms with Gasteiger partial charge in [0, 0.05) is 18.0 Å². The number of nitrogens with one attached hydrogen (secondary N) is 3. The lowest BCUT2D eigenvalue weighted by atomic mass is 9.91. The molecule has 4 amide bonds. The average molecular weight is 626 g/mol. The summed E-state index contributed by atoms with van der Waals surface area (Å²) >= 11 is 0. The normalized spacial score (nSPS) is 28.2. The molecule has 10 nitrogen and oxygen atoms in total. The molecule has 0 aromatic carbocycles. The minimum absolute atomic E-state index is 0.0304. The third kappa shape index (κ3) is 7.02. The molecule has 242 valence electrons. The second kappa shape index (κ2) is 11.1. The Morgan fingerprint density at radius 1 is 1.12 bits per heavy atom. The topological polar surface area (TPSA) is 141 Å². The number of likely N-dealkylation sites (tertiary alicyclic amines) is 1. The number of piperidine rings is 1. The molecule has 2 saturated heterocycles. The van der Waals surface area contributed by atoms with Gasteiger partial charge in [-0.3, -0.25) is 19.2 Å². The van der Waals surface area contributed by atoms with Gasteiger partial charge in [0.15, 0.2) is 5.60 Å². The Hall–Kier alpha value is -3.09. The van der Waals surface area contributed by atoms with Crippen molar-refractivity contribution in [2.45, 2.75) is 109 Å². The first-order chi connectivity index (χ1) is 19.3. The molecule has 7 unspecified atom stereocenters. The number of alkyl halides is 6. The predicted octanol–water partition coefficient (Wildman–Crippen LogP) is 2.58. The van der Waals surface area contributed by atoms with Crippen molar-refractivity contribution >= 4 is 23.6 Å². The van der Waals surface area contributed by atoms with E-state index in [4.69, 9.17) is 4.74 Å². The molecule has 3 fully saturated rings. The molecule has 7 atom stereocenters. The van der Waals surface area contributed by atoms with E-state index in [1.54, 1.807) is 13.8 Å². The maximum Gasteiger partial charge on any atom is 0.471 e. The Bertz CT molecular complexity index is 1190. The van der Waals surface area contributed by atoms with Crippen LogP contribution in [0.25, 0.3) is 0 Å². The van der Waals surface area contributed by atoms with Crippen LogP contribution in [0, 0.1) is 34.5 Å². The Morgan fingerprint density at radius 3 is 2.16 bits per heavy atom. The number of halogens is 6. The SMILES string of the molecule is CC(OC(C)(C)C(F)(F)F)C(NC(=O)C(F)(F)F)C(=O)N1CC2C(C1C(=O)NC(C#N)CC1CC(C)(C)NC1=O)C2(C)C. The first-order valence-electron chi connectivity index (χ1n) is 13.8. The minimum atomic E-state index is -5.47. The molecule has 16 heteroatoms. The molecule has 0 aromatic heterocycles. The Balaban J connectivity index is 1.87. The molecule has 0 radical (unpaired) electrons. The van der Waals surface area contributed by atoms with Gasteiger partial charge in [0.05, 0.1) is 12.2 Å². The van der Waals surface area contributed by atoms with Crippen molar-refractivity contribution in [3.8, 4) is 6.07 Å². The maximum absolute atomic E-state index is 13.7. The summed E-state index contributed by atoms with van der Waals surface area (Å²) in [7, 11) is 0. The average Bonchev–Trinajstić information content (AvgIpc) is 3.11. The van der Waals surface area contributed by atoms with Gasteiger partial charge in [-0.05, 0) is 64.7 Å². The second-order valence-corrected chi connectivity index (χ2v) is 13.4. The molecule has 1 saturated carbocycles. The highest BCUT2D eigenvalue weighted by Gasteiger charge is 2.70. The molecule has 0 spiro atoms. The summed E-state index contributed by atoms with van der Waals surface area (Å²) in [6.07, 6.45) is -12.0. The number of rotatable bonds is 9. The highest BCUT2D eigenvalue weighted by atomic mass is 19.4. The third-order valence-electron chi connectivity index (χ3n) is 8.78. The van der Waals surface area contributed by atoms with Gasteiger partial charge in [0.2, 0.25) is 17.7 Å².